The Kier molecular flexibility index (Phi) is 4.44. The van der Waals surface area contributed by atoms with Gasteiger partial charge in [0.2, 0.25) is 0 Å². The van der Waals surface area contributed by atoms with Crippen LogP contribution in [0.2, 0.25) is 0 Å². The number of alkyl halides is 3. The fourth-order valence-corrected chi connectivity index (χ4v) is 2.79. The molecule has 0 spiro atoms. The molecule has 1 saturated heterocycles. The molecule has 1 aromatic rings. The highest BCUT2D eigenvalue weighted by molar-refractivity contribution is 6.00. The van der Waals surface area contributed by atoms with E-state index in [2.05, 4.69) is 6.92 Å². The summed E-state index contributed by atoms with van der Waals surface area (Å²) in [4.78, 5) is 2.03. The number of piperidine rings is 1. The second-order valence-electron chi connectivity index (χ2n) is 5.48. The van der Waals surface area contributed by atoms with Crippen molar-refractivity contribution in [2.24, 2.45) is 11.7 Å². The summed E-state index contributed by atoms with van der Waals surface area (Å²) < 4.78 is 38.3. The molecular weight excluding hydrogens is 279 g/mol. The molecular formula is C15H20F3N3. The van der Waals surface area contributed by atoms with Crippen LogP contribution in [-0.4, -0.2) is 18.9 Å². The third-order valence-corrected chi connectivity index (χ3v) is 4.15. The lowest BCUT2D eigenvalue weighted by Crippen LogP contribution is -2.35. The molecule has 1 aromatic carbocycles. The highest BCUT2D eigenvalue weighted by atomic mass is 19.4. The Bertz CT molecular complexity index is 517. The summed E-state index contributed by atoms with van der Waals surface area (Å²) in [6, 6.07) is 3.48. The molecule has 3 N–H and O–H groups in total. The molecule has 0 radical (unpaired) electrons. The molecule has 0 amide bonds. The van der Waals surface area contributed by atoms with Crippen molar-refractivity contribution in [3.63, 3.8) is 0 Å². The number of anilines is 1. The van der Waals surface area contributed by atoms with Crippen molar-refractivity contribution < 1.29 is 13.2 Å². The monoisotopic (exact) mass is 299 g/mol. The van der Waals surface area contributed by atoms with Gasteiger partial charge >= 0.3 is 6.18 Å². The molecule has 0 aliphatic carbocycles. The van der Waals surface area contributed by atoms with E-state index in [9.17, 15) is 13.2 Å². The number of nitrogens with zero attached hydrogens (tertiary/aromatic N) is 1. The van der Waals surface area contributed by atoms with Gasteiger partial charge in [-0.15, -0.1) is 0 Å². The predicted molar refractivity (Wildman–Crippen MR) is 77.7 cm³/mol. The Labute approximate surface area is 122 Å². The van der Waals surface area contributed by atoms with Crippen molar-refractivity contribution in [3.8, 4) is 0 Å². The van der Waals surface area contributed by atoms with E-state index >= 15 is 0 Å². The zero-order valence-electron chi connectivity index (χ0n) is 12.0. The number of hydrogen-bond donors (Lipinski definition) is 2. The molecule has 116 valence electrons. The number of nitrogens with two attached hydrogens (primary N) is 1. The van der Waals surface area contributed by atoms with E-state index in [1.807, 2.05) is 4.90 Å². The van der Waals surface area contributed by atoms with Gasteiger partial charge in [-0.25, -0.2) is 0 Å². The first-order valence-electron chi connectivity index (χ1n) is 7.13. The molecule has 0 bridgehead atoms. The first kappa shape index (κ1) is 15.7. The average molecular weight is 299 g/mol. The minimum Gasteiger partial charge on any atom is -0.384 e. The summed E-state index contributed by atoms with van der Waals surface area (Å²) in [6.07, 6.45) is -1.25. The molecule has 21 heavy (non-hydrogen) atoms. The molecule has 1 fully saturated rings. The summed E-state index contributed by atoms with van der Waals surface area (Å²) in [5.41, 5.74) is 5.51. The number of nitrogen functional groups attached to an aromatic ring is 1. The lowest BCUT2D eigenvalue weighted by atomic mass is 9.93. The van der Waals surface area contributed by atoms with Crippen LogP contribution in [0, 0.1) is 11.3 Å². The van der Waals surface area contributed by atoms with Crippen molar-refractivity contribution >= 4 is 11.5 Å². The summed E-state index contributed by atoms with van der Waals surface area (Å²) in [5.74, 6) is 0.352. The third kappa shape index (κ3) is 3.49. The summed E-state index contributed by atoms with van der Waals surface area (Å²) in [6.45, 7) is 3.74. The van der Waals surface area contributed by atoms with E-state index in [0.29, 0.717) is 11.6 Å². The van der Waals surface area contributed by atoms with Gasteiger partial charge in [0.05, 0.1) is 5.56 Å². The van der Waals surface area contributed by atoms with E-state index in [4.69, 9.17) is 11.1 Å². The minimum absolute atomic E-state index is 0.166. The molecule has 3 nitrogen and oxygen atoms in total. The van der Waals surface area contributed by atoms with Crippen LogP contribution in [0.4, 0.5) is 18.9 Å². The molecule has 6 heteroatoms. The number of benzene rings is 1. The average Bonchev–Trinajstić information content (AvgIpc) is 2.45. The quantitative estimate of drug-likeness (QED) is 0.661. The van der Waals surface area contributed by atoms with Crippen molar-refractivity contribution in [2.75, 3.05) is 18.0 Å². The number of hydrogen-bond acceptors (Lipinski definition) is 2. The summed E-state index contributed by atoms with van der Waals surface area (Å²) in [7, 11) is 0. The zero-order chi connectivity index (χ0) is 15.6. The van der Waals surface area contributed by atoms with Crippen LogP contribution >= 0.6 is 0 Å². The maximum atomic E-state index is 12.8. The molecule has 1 aliphatic heterocycles. The maximum Gasteiger partial charge on any atom is 0.416 e. The topological polar surface area (TPSA) is 53.1 Å². The van der Waals surface area contributed by atoms with Gasteiger partial charge in [0.1, 0.15) is 5.84 Å². The van der Waals surface area contributed by atoms with Crippen LogP contribution in [0.25, 0.3) is 0 Å². The van der Waals surface area contributed by atoms with Gasteiger partial charge in [0.25, 0.3) is 0 Å². The molecule has 0 aromatic heterocycles. The molecule has 1 aliphatic rings. The van der Waals surface area contributed by atoms with Crippen LogP contribution < -0.4 is 10.6 Å². The first-order valence-corrected chi connectivity index (χ1v) is 7.13. The molecule has 2 rings (SSSR count). The van der Waals surface area contributed by atoms with Crippen LogP contribution in [0.3, 0.4) is 0 Å². The van der Waals surface area contributed by atoms with Crippen molar-refractivity contribution in [1.29, 1.82) is 5.41 Å². The van der Waals surface area contributed by atoms with Crippen LogP contribution in [0.1, 0.15) is 37.3 Å². The Balaban J connectivity index is 2.29. The minimum atomic E-state index is -4.42. The second-order valence-corrected chi connectivity index (χ2v) is 5.48. The summed E-state index contributed by atoms with van der Waals surface area (Å²) >= 11 is 0. The number of rotatable bonds is 3. The van der Waals surface area contributed by atoms with E-state index in [-0.39, 0.29) is 11.4 Å². The van der Waals surface area contributed by atoms with Gasteiger partial charge in [-0.1, -0.05) is 13.3 Å². The molecule has 0 saturated carbocycles. The fraction of sp³-hybridized carbons (Fsp3) is 0.533. The van der Waals surface area contributed by atoms with Crippen LogP contribution in [-0.2, 0) is 6.18 Å². The standard InChI is InChI=1S/C15H20F3N3/c1-2-10-5-7-21(8-6-10)13-4-3-11(15(16,17)18)9-12(13)14(19)20/h3-4,9-10H,2,5-8H2,1H3,(H3,19,20). The highest BCUT2D eigenvalue weighted by Gasteiger charge is 2.32. The molecule has 0 atom stereocenters. The Hall–Kier alpha value is -1.72. The van der Waals surface area contributed by atoms with Gasteiger partial charge in [0, 0.05) is 24.3 Å². The third-order valence-electron chi connectivity index (χ3n) is 4.15. The van der Waals surface area contributed by atoms with Gasteiger partial charge in [-0.2, -0.15) is 13.2 Å². The highest BCUT2D eigenvalue weighted by Crippen LogP contribution is 2.34. The lowest BCUT2D eigenvalue weighted by Gasteiger charge is -2.34. The zero-order valence-corrected chi connectivity index (χ0v) is 12.0. The van der Waals surface area contributed by atoms with Crippen LogP contribution in [0.5, 0.6) is 0 Å². The largest absolute Gasteiger partial charge is 0.416 e. The second kappa shape index (κ2) is 5.95. The Morgan fingerprint density at radius 3 is 2.43 bits per heavy atom. The normalized spacial score (nSPS) is 17.0. The Morgan fingerprint density at radius 1 is 1.33 bits per heavy atom. The van der Waals surface area contributed by atoms with Gasteiger partial charge < -0.3 is 10.6 Å². The van der Waals surface area contributed by atoms with Gasteiger partial charge in [-0.05, 0) is 37.0 Å². The molecule has 0 unspecified atom stereocenters. The first-order chi connectivity index (χ1) is 9.82. The van der Waals surface area contributed by atoms with E-state index in [0.717, 1.165) is 44.5 Å². The predicted octanol–water partition coefficient (Wildman–Crippen LogP) is 3.62. The van der Waals surface area contributed by atoms with E-state index in [1.54, 1.807) is 0 Å². The number of amidine groups is 1. The molecule has 1 heterocycles. The SMILES string of the molecule is CCC1CCN(c2ccc(C(F)(F)F)cc2C(=N)N)CC1. The number of halogens is 3. The smallest absolute Gasteiger partial charge is 0.384 e. The number of nitrogens with one attached hydrogen (secondary N) is 1. The fourth-order valence-electron chi connectivity index (χ4n) is 2.79. The summed E-state index contributed by atoms with van der Waals surface area (Å²) in [5, 5.41) is 7.56. The van der Waals surface area contributed by atoms with Crippen molar-refractivity contribution in [1.82, 2.24) is 0 Å². The maximum absolute atomic E-state index is 12.8. The van der Waals surface area contributed by atoms with Gasteiger partial charge in [0.15, 0.2) is 0 Å². The van der Waals surface area contributed by atoms with Crippen molar-refractivity contribution in [2.45, 2.75) is 32.4 Å². The Morgan fingerprint density at radius 2 is 1.95 bits per heavy atom. The van der Waals surface area contributed by atoms with Gasteiger partial charge in [-0.3, -0.25) is 5.41 Å². The van der Waals surface area contributed by atoms with Crippen molar-refractivity contribution in [3.05, 3.63) is 29.3 Å². The van der Waals surface area contributed by atoms with E-state index < -0.39 is 11.7 Å². The van der Waals surface area contributed by atoms with Crippen LogP contribution in [0.15, 0.2) is 18.2 Å². The van der Waals surface area contributed by atoms with E-state index in [1.165, 1.54) is 6.07 Å². The lowest BCUT2D eigenvalue weighted by molar-refractivity contribution is -0.137.